The molecule has 1 fully saturated rings. The molecule has 1 aromatic rings. The number of nitrogens with zero attached hydrogens (tertiary/aromatic N) is 4. The molecule has 0 radical (unpaired) electrons. The highest BCUT2D eigenvalue weighted by Gasteiger charge is 2.35. The Hall–Kier alpha value is -0.940. The van der Waals surface area contributed by atoms with E-state index in [9.17, 15) is 0 Å². The molecule has 1 aliphatic rings. The summed E-state index contributed by atoms with van der Waals surface area (Å²) >= 11 is 0. The zero-order valence-electron chi connectivity index (χ0n) is 13.6. The molecule has 0 amide bonds. The van der Waals surface area contributed by atoms with Crippen LogP contribution in [-0.2, 0) is 13.1 Å². The van der Waals surface area contributed by atoms with Crippen LogP contribution in [-0.4, -0.2) is 44.3 Å². The normalized spacial score (nSPS) is 28.2. The standard InChI is InChI=1S/C15H29N5/c1-6-15(5)10-16-13(4)8-19(15)9-14-17-11-18-20(14)7-12(2)3/h11-13,16H,6-10H2,1-5H3. The maximum Gasteiger partial charge on any atom is 0.141 e. The predicted octanol–water partition coefficient (Wildman–Crippen LogP) is 1.90. The monoisotopic (exact) mass is 279 g/mol. The van der Waals surface area contributed by atoms with E-state index in [1.165, 1.54) is 0 Å². The molecule has 0 saturated carbocycles. The van der Waals surface area contributed by atoms with Gasteiger partial charge < -0.3 is 5.32 Å². The van der Waals surface area contributed by atoms with Gasteiger partial charge in [0.05, 0.1) is 6.54 Å². The van der Waals surface area contributed by atoms with Gasteiger partial charge in [0.15, 0.2) is 0 Å². The van der Waals surface area contributed by atoms with E-state index in [0.717, 1.165) is 38.4 Å². The molecule has 1 saturated heterocycles. The van der Waals surface area contributed by atoms with Crippen molar-refractivity contribution in [3.8, 4) is 0 Å². The molecule has 1 aromatic heterocycles. The number of aromatic nitrogens is 3. The lowest BCUT2D eigenvalue weighted by atomic mass is 9.92. The van der Waals surface area contributed by atoms with Gasteiger partial charge in [-0.3, -0.25) is 4.90 Å². The lowest BCUT2D eigenvalue weighted by Crippen LogP contribution is -2.62. The lowest BCUT2D eigenvalue weighted by Gasteiger charge is -2.47. The van der Waals surface area contributed by atoms with Gasteiger partial charge in [-0.25, -0.2) is 9.67 Å². The highest BCUT2D eigenvalue weighted by atomic mass is 15.4. The lowest BCUT2D eigenvalue weighted by molar-refractivity contribution is 0.0416. The number of nitrogens with one attached hydrogen (secondary N) is 1. The fourth-order valence-electron chi connectivity index (χ4n) is 2.81. The summed E-state index contributed by atoms with van der Waals surface area (Å²) < 4.78 is 2.06. The van der Waals surface area contributed by atoms with Crippen LogP contribution in [0.3, 0.4) is 0 Å². The van der Waals surface area contributed by atoms with E-state index in [-0.39, 0.29) is 5.54 Å². The van der Waals surface area contributed by atoms with Crippen molar-refractivity contribution in [1.82, 2.24) is 25.0 Å². The SMILES string of the molecule is CCC1(C)CNC(C)CN1Cc1ncnn1CC(C)C. The molecule has 0 spiro atoms. The van der Waals surface area contributed by atoms with Crippen molar-refractivity contribution in [2.75, 3.05) is 13.1 Å². The second-order valence-corrected chi connectivity index (χ2v) is 6.77. The van der Waals surface area contributed by atoms with Crippen LogP contribution in [0.15, 0.2) is 6.33 Å². The number of hydrogen-bond acceptors (Lipinski definition) is 4. The quantitative estimate of drug-likeness (QED) is 0.894. The van der Waals surface area contributed by atoms with E-state index >= 15 is 0 Å². The van der Waals surface area contributed by atoms with Gasteiger partial charge in [0.25, 0.3) is 0 Å². The molecule has 1 N–H and O–H groups in total. The summed E-state index contributed by atoms with van der Waals surface area (Å²) in [6.45, 7) is 15.2. The Morgan fingerprint density at radius 3 is 2.90 bits per heavy atom. The molecule has 0 aromatic carbocycles. The Bertz CT molecular complexity index is 428. The van der Waals surface area contributed by atoms with Gasteiger partial charge in [-0.2, -0.15) is 5.10 Å². The van der Waals surface area contributed by atoms with Crippen molar-refractivity contribution in [3.05, 3.63) is 12.2 Å². The fourth-order valence-corrected chi connectivity index (χ4v) is 2.81. The second-order valence-electron chi connectivity index (χ2n) is 6.77. The third-order valence-corrected chi connectivity index (χ3v) is 4.42. The minimum Gasteiger partial charge on any atom is -0.311 e. The first-order valence-electron chi connectivity index (χ1n) is 7.79. The highest BCUT2D eigenvalue weighted by molar-refractivity contribution is 4.97. The predicted molar refractivity (Wildman–Crippen MR) is 81.4 cm³/mol. The topological polar surface area (TPSA) is 46.0 Å². The Balaban J connectivity index is 2.12. The molecule has 2 unspecified atom stereocenters. The molecular weight excluding hydrogens is 250 g/mol. The fraction of sp³-hybridized carbons (Fsp3) is 0.867. The zero-order valence-corrected chi connectivity index (χ0v) is 13.6. The summed E-state index contributed by atoms with van der Waals surface area (Å²) in [6.07, 6.45) is 2.83. The highest BCUT2D eigenvalue weighted by Crippen LogP contribution is 2.24. The van der Waals surface area contributed by atoms with Gasteiger partial charge in [0.1, 0.15) is 12.2 Å². The van der Waals surface area contributed by atoms with Gasteiger partial charge in [0, 0.05) is 31.2 Å². The maximum atomic E-state index is 4.48. The number of rotatable bonds is 5. The molecule has 2 atom stereocenters. The first kappa shape index (κ1) is 15.4. The molecular formula is C15H29N5. The van der Waals surface area contributed by atoms with Gasteiger partial charge >= 0.3 is 0 Å². The Kier molecular flexibility index (Phi) is 4.81. The van der Waals surface area contributed by atoms with Crippen LogP contribution in [0.25, 0.3) is 0 Å². The number of hydrogen-bond donors (Lipinski definition) is 1. The smallest absolute Gasteiger partial charge is 0.141 e. The maximum absolute atomic E-state index is 4.48. The molecule has 5 heteroatoms. The molecule has 20 heavy (non-hydrogen) atoms. The number of piperazine rings is 1. The van der Waals surface area contributed by atoms with Gasteiger partial charge in [-0.1, -0.05) is 20.8 Å². The van der Waals surface area contributed by atoms with Gasteiger partial charge in [-0.05, 0) is 26.2 Å². The van der Waals surface area contributed by atoms with E-state index in [2.05, 4.69) is 59.6 Å². The summed E-state index contributed by atoms with van der Waals surface area (Å²) in [5.41, 5.74) is 0.209. The van der Waals surface area contributed by atoms with E-state index in [0.29, 0.717) is 12.0 Å². The van der Waals surface area contributed by atoms with E-state index in [1.807, 2.05) is 0 Å². The largest absolute Gasteiger partial charge is 0.311 e. The Morgan fingerprint density at radius 1 is 1.50 bits per heavy atom. The average molecular weight is 279 g/mol. The molecule has 1 aliphatic heterocycles. The summed E-state index contributed by atoms with van der Waals surface area (Å²) in [6, 6.07) is 0.538. The molecule has 2 heterocycles. The first-order chi connectivity index (χ1) is 9.44. The zero-order chi connectivity index (χ0) is 14.8. The van der Waals surface area contributed by atoms with Gasteiger partial charge in [0.2, 0.25) is 0 Å². The second kappa shape index (κ2) is 6.22. The molecule has 5 nitrogen and oxygen atoms in total. The van der Waals surface area contributed by atoms with E-state index < -0.39 is 0 Å². The summed E-state index contributed by atoms with van der Waals surface area (Å²) in [5, 5.41) is 7.97. The minimum atomic E-state index is 0.209. The summed E-state index contributed by atoms with van der Waals surface area (Å²) in [4.78, 5) is 7.04. The third-order valence-electron chi connectivity index (χ3n) is 4.42. The van der Waals surface area contributed by atoms with Crippen LogP contribution in [0, 0.1) is 5.92 Å². The van der Waals surface area contributed by atoms with Crippen LogP contribution in [0.4, 0.5) is 0 Å². The Morgan fingerprint density at radius 2 is 2.25 bits per heavy atom. The van der Waals surface area contributed by atoms with Crippen molar-refractivity contribution < 1.29 is 0 Å². The molecule has 0 bridgehead atoms. The van der Waals surface area contributed by atoms with Crippen molar-refractivity contribution >= 4 is 0 Å². The van der Waals surface area contributed by atoms with Crippen LogP contribution < -0.4 is 5.32 Å². The third kappa shape index (κ3) is 3.38. The summed E-state index contributed by atoms with van der Waals surface area (Å²) in [7, 11) is 0. The molecule has 2 rings (SSSR count). The minimum absolute atomic E-state index is 0.209. The van der Waals surface area contributed by atoms with E-state index in [4.69, 9.17) is 0 Å². The van der Waals surface area contributed by atoms with Crippen molar-refractivity contribution in [1.29, 1.82) is 0 Å². The molecule has 114 valence electrons. The van der Waals surface area contributed by atoms with Crippen molar-refractivity contribution in [2.45, 2.75) is 65.7 Å². The van der Waals surface area contributed by atoms with Crippen LogP contribution in [0.5, 0.6) is 0 Å². The van der Waals surface area contributed by atoms with Crippen molar-refractivity contribution in [3.63, 3.8) is 0 Å². The summed E-state index contributed by atoms with van der Waals surface area (Å²) in [5.74, 6) is 1.68. The van der Waals surface area contributed by atoms with Gasteiger partial charge in [-0.15, -0.1) is 0 Å². The van der Waals surface area contributed by atoms with E-state index in [1.54, 1.807) is 6.33 Å². The van der Waals surface area contributed by atoms with Crippen LogP contribution in [0.1, 0.15) is 46.9 Å². The van der Waals surface area contributed by atoms with Crippen LogP contribution >= 0.6 is 0 Å². The van der Waals surface area contributed by atoms with Crippen molar-refractivity contribution in [2.24, 2.45) is 5.92 Å². The van der Waals surface area contributed by atoms with Crippen LogP contribution in [0.2, 0.25) is 0 Å². The Labute approximate surface area is 122 Å². The molecule has 0 aliphatic carbocycles. The first-order valence-corrected chi connectivity index (χ1v) is 7.79. The average Bonchev–Trinajstić information content (AvgIpc) is 2.81.